The molecule has 0 aromatic heterocycles. The molecule has 1 aliphatic heterocycles. The highest BCUT2D eigenvalue weighted by Crippen LogP contribution is 2.25. The first kappa shape index (κ1) is 19.3. The lowest BCUT2D eigenvalue weighted by atomic mass is 9.96. The maximum Gasteiger partial charge on any atom is 0.225 e. The fourth-order valence-electron chi connectivity index (χ4n) is 3.36. The third-order valence-electron chi connectivity index (χ3n) is 4.47. The van der Waals surface area contributed by atoms with E-state index < -0.39 is 23.6 Å². The molecule has 1 aromatic rings. The van der Waals surface area contributed by atoms with Gasteiger partial charge < -0.3 is 15.5 Å². The number of piperidine rings is 1. The van der Waals surface area contributed by atoms with E-state index in [0.717, 1.165) is 31.5 Å². The summed E-state index contributed by atoms with van der Waals surface area (Å²) in [5.41, 5.74) is -0.269. The summed E-state index contributed by atoms with van der Waals surface area (Å²) >= 11 is 0. The highest BCUT2D eigenvalue weighted by molar-refractivity contribution is 5.79. The SMILES string of the molecule is CNC[C@@H]1CCCN(C(=O)C[C@@H](NC(C)=O)c2c(F)cccc2F)C1. The highest BCUT2D eigenvalue weighted by Gasteiger charge is 2.28. The lowest BCUT2D eigenvalue weighted by Gasteiger charge is -2.34. The van der Waals surface area contributed by atoms with Crippen LogP contribution in [0.2, 0.25) is 0 Å². The summed E-state index contributed by atoms with van der Waals surface area (Å²) in [6, 6.07) is 2.49. The van der Waals surface area contributed by atoms with Crippen molar-refractivity contribution < 1.29 is 18.4 Å². The number of nitrogens with one attached hydrogen (secondary N) is 2. The summed E-state index contributed by atoms with van der Waals surface area (Å²) in [6.07, 6.45) is 1.78. The van der Waals surface area contributed by atoms with Crippen molar-refractivity contribution in [1.29, 1.82) is 0 Å². The van der Waals surface area contributed by atoms with Crippen LogP contribution in [-0.2, 0) is 9.59 Å². The Morgan fingerprint density at radius 3 is 2.60 bits per heavy atom. The molecule has 7 heteroatoms. The Balaban J connectivity index is 2.14. The molecule has 1 heterocycles. The number of hydrogen-bond acceptors (Lipinski definition) is 3. The van der Waals surface area contributed by atoms with Crippen LogP contribution in [0.3, 0.4) is 0 Å². The minimum absolute atomic E-state index is 0.163. The van der Waals surface area contributed by atoms with Gasteiger partial charge in [-0.05, 0) is 44.5 Å². The molecule has 0 radical (unpaired) electrons. The normalized spacial score (nSPS) is 18.7. The Morgan fingerprint density at radius 2 is 2.00 bits per heavy atom. The third-order valence-corrected chi connectivity index (χ3v) is 4.47. The molecular weight excluding hydrogens is 328 g/mol. The summed E-state index contributed by atoms with van der Waals surface area (Å²) in [6.45, 7) is 3.33. The number of hydrogen-bond donors (Lipinski definition) is 2. The Labute approximate surface area is 146 Å². The summed E-state index contributed by atoms with van der Waals surface area (Å²) in [5, 5.41) is 5.62. The maximum atomic E-state index is 14.1. The van der Waals surface area contributed by atoms with Gasteiger partial charge in [0.2, 0.25) is 11.8 Å². The Hall–Kier alpha value is -2.02. The van der Waals surface area contributed by atoms with Crippen molar-refractivity contribution in [2.45, 2.75) is 32.2 Å². The van der Waals surface area contributed by atoms with Gasteiger partial charge in [0.25, 0.3) is 0 Å². The van der Waals surface area contributed by atoms with Crippen LogP contribution >= 0.6 is 0 Å². The van der Waals surface area contributed by atoms with Crippen molar-refractivity contribution in [3.8, 4) is 0 Å². The molecule has 2 rings (SSSR count). The number of rotatable bonds is 6. The van der Waals surface area contributed by atoms with Gasteiger partial charge >= 0.3 is 0 Å². The van der Waals surface area contributed by atoms with Gasteiger partial charge in [-0.25, -0.2) is 8.78 Å². The van der Waals surface area contributed by atoms with E-state index in [9.17, 15) is 18.4 Å². The lowest BCUT2D eigenvalue weighted by Crippen LogP contribution is -2.44. The van der Waals surface area contributed by atoms with Gasteiger partial charge in [0, 0.05) is 25.6 Å². The van der Waals surface area contributed by atoms with Crippen molar-refractivity contribution in [3.63, 3.8) is 0 Å². The van der Waals surface area contributed by atoms with Crippen molar-refractivity contribution >= 4 is 11.8 Å². The van der Waals surface area contributed by atoms with E-state index in [1.54, 1.807) is 4.90 Å². The quantitative estimate of drug-likeness (QED) is 0.822. The number of carbonyl (C=O) groups excluding carboxylic acids is 2. The monoisotopic (exact) mass is 353 g/mol. The first-order valence-corrected chi connectivity index (χ1v) is 8.55. The van der Waals surface area contributed by atoms with Crippen LogP contribution in [0.1, 0.15) is 37.8 Å². The molecule has 1 aliphatic rings. The summed E-state index contributed by atoms with van der Waals surface area (Å²) in [5.74, 6) is -1.81. The summed E-state index contributed by atoms with van der Waals surface area (Å²) in [7, 11) is 1.87. The molecule has 1 aromatic carbocycles. The molecule has 0 saturated carbocycles. The van der Waals surface area contributed by atoms with Gasteiger partial charge in [0.1, 0.15) is 11.6 Å². The van der Waals surface area contributed by atoms with Crippen LogP contribution in [0, 0.1) is 17.6 Å². The molecule has 0 aliphatic carbocycles. The van der Waals surface area contributed by atoms with Gasteiger partial charge in [-0.2, -0.15) is 0 Å². The summed E-state index contributed by atoms with van der Waals surface area (Å²) < 4.78 is 28.2. The van der Waals surface area contributed by atoms with Crippen molar-refractivity contribution in [2.24, 2.45) is 5.92 Å². The van der Waals surface area contributed by atoms with Crippen molar-refractivity contribution in [2.75, 3.05) is 26.7 Å². The van der Waals surface area contributed by atoms with Crippen molar-refractivity contribution in [1.82, 2.24) is 15.5 Å². The Kier molecular flexibility index (Phi) is 6.87. The second kappa shape index (κ2) is 8.89. The smallest absolute Gasteiger partial charge is 0.225 e. The maximum absolute atomic E-state index is 14.1. The number of halogens is 2. The first-order valence-electron chi connectivity index (χ1n) is 8.55. The fraction of sp³-hybridized carbons (Fsp3) is 0.556. The largest absolute Gasteiger partial charge is 0.349 e. The molecule has 5 nitrogen and oxygen atoms in total. The van der Waals surface area contributed by atoms with Gasteiger partial charge in [-0.15, -0.1) is 0 Å². The molecule has 1 fully saturated rings. The average molecular weight is 353 g/mol. The average Bonchev–Trinajstić information content (AvgIpc) is 2.54. The standard InChI is InChI=1S/C18H25F2N3O2/c1-12(24)22-16(18-14(19)6-3-7-15(18)20)9-17(25)23-8-4-5-13(11-23)10-21-2/h3,6-7,13,16,21H,4-5,8-11H2,1-2H3,(H,22,24)/t13-,16+/m0/s1. The first-order chi connectivity index (χ1) is 11.9. The minimum atomic E-state index is -1.02. The molecule has 0 unspecified atom stereocenters. The van der Waals surface area contributed by atoms with Crippen LogP contribution in [0.15, 0.2) is 18.2 Å². The summed E-state index contributed by atoms with van der Waals surface area (Å²) in [4.78, 5) is 25.8. The van der Waals surface area contributed by atoms with Crippen molar-refractivity contribution in [3.05, 3.63) is 35.4 Å². The second-order valence-electron chi connectivity index (χ2n) is 6.50. The fourth-order valence-corrected chi connectivity index (χ4v) is 3.36. The predicted octanol–water partition coefficient (Wildman–Crippen LogP) is 1.99. The molecule has 0 spiro atoms. The number of carbonyl (C=O) groups is 2. The number of amides is 2. The number of likely N-dealkylation sites (tertiary alicyclic amines) is 1. The molecule has 25 heavy (non-hydrogen) atoms. The van der Waals surface area contributed by atoms with Gasteiger partial charge in [0.15, 0.2) is 0 Å². The molecule has 2 atom stereocenters. The third kappa shape index (κ3) is 5.22. The van der Waals surface area contributed by atoms with E-state index in [-0.39, 0.29) is 17.9 Å². The van der Waals surface area contributed by atoms with E-state index >= 15 is 0 Å². The van der Waals surface area contributed by atoms with E-state index in [4.69, 9.17) is 0 Å². The number of nitrogens with zero attached hydrogens (tertiary/aromatic N) is 1. The lowest BCUT2D eigenvalue weighted by molar-refractivity contribution is -0.133. The molecule has 2 amide bonds. The molecule has 0 bridgehead atoms. The molecule has 2 N–H and O–H groups in total. The molecular formula is C18H25F2N3O2. The van der Waals surface area contributed by atoms with Gasteiger partial charge in [-0.1, -0.05) is 6.07 Å². The zero-order valence-corrected chi connectivity index (χ0v) is 14.6. The van der Waals surface area contributed by atoms with Crippen LogP contribution in [0.4, 0.5) is 8.78 Å². The van der Waals surface area contributed by atoms with Crippen LogP contribution in [-0.4, -0.2) is 43.4 Å². The zero-order valence-electron chi connectivity index (χ0n) is 14.6. The van der Waals surface area contributed by atoms with E-state index in [2.05, 4.69) is 10.6 Å². The van der Waals surface area contributed by atoms with E-state index in [1.807, 2.05) is 7.05 Å². The van der Waals surface area contributed by atoms with Crippen LogP contribution < -0.4 is 10.6 Å². The van der Waals surface area contributed by atoms with Gasteiger partial charge in [0.05, 0.1) is 12.5 Å². The highest BCUT2D eigenvalue weighted by atomic mass is 19.1. The number of benzene rings is 1. The molecule has 138 valence electrons. The van der Waals surface area contributed by atoms with E-state index in [0.29, 0.717) is 19.0 Å². The minimum Gasteiger partial charge on any atom is -0.349 e. The topological polar surface area (TPSA) is 61.4 Å². The van der Waals surface area contributed by atoms with Crippen LogP contribution in [0.5, 0.6) is 0 Å². The Morgan fingerprint density at radius 1 is 1.32 bits per heavy atom. The van der Waals surface area contributed by atoms with Gasteiger partial charge in [-0.3, -0.25) is 9.59 Å². The molecule has 1 saturated heterocycles. The Bertz CT molecular complexity index is 602. The van der Waals surface area contributed by atoms with E-state index in [1.165, 1.54) is 13.0 Å². The van der Waals surface area contributed by atoms with Crippen LogP contribution in [0.25, 0.3) is 0 Å². The predicted molar refractivity (Wildman–Crippen MR) is 90.8 cm³/mol. The second-order valence-corrected chi connectivity index (χ2v) is 6.50. The zero-order chi connectivity index (χ0) is 18.4.